The molecule has 0 aliphatic carbocycles. The van der Waals surface area contributed by atoms with E-state index in [9.17, 15) is 19.2 Å². The van der Waals surface area contributed by atoms with Crippen molar-refractivity contribution in [3.63, 3.8) is 0 Å². The number of benzene rings is 2. The molecule has 46 heavy (non-hydrogen) atoms. The molecule has 0 unspecified atom stereocenters. The van der Waals surface area contributed by atoms with Crippen molar-refractivity contribution in [3.8, 4) is 11.5 Å². The van der Waals surface area contributed by atoms with Crippen molar-refractivity contribution in [1.29, 1.82) is 0 Å². The van der Waals surface area contributed by atoms with Crippen LogP contribution in [-0.2, 0) is 9.59 Å². The van der Waals surface area contributed by atoms with Crippen LogP contribution in [0.5, 0.6) is 11.5 Å². The Morgan fingerprint density at radius 1 is 0.587 bits per heavy atom. The van der Waals surface area contributed by atoms with Crippen molar-refractivity contribution in [3.05, 3.63) is 84.0 Å². The lowest BCUT2D eigenvalue weighted by molar-refractivity contribution is -0.125. The maximum atomic E-state index is 12.7. The number of para-hydroxylation sites is 2. The first-order chi connectivity index (χ1) is 22.0. The molecule has 10 nitrogen and oxygen atoms in total. The predicted molar refractivity (Wildman–Crippen MR) is 179 cm³/mol. The zero-order valence-corrected chi connectivity index (χ0v) is 27.8. The highest BCUT2D eigenvalue weighted by atomic mass is 16.5. The van der Waals surface area contributed by atoms with Crippen LogP contribution in [0.2, 0.25) is 0 Å². The molecule has 2 aliphatic rings. The maximum absolute atomic E-state index is 12.7. The molecule has 2 aliphatic heterocycles. The van der Waals surface area contributed by atoms with E-state index in [-0.39, 0.29) is 35.8 Å². The van der Waals surface area contributed by atoms with Crippen LogP contribution in [0.3, 0.4) is 0 Å². The number of amides is 4. The van der Waals surface area contributed by atoms with Crippen LogP contribution < -0.4 is 20.1 Å². The van der Waals surface area contributed by atoms with Gasteiger partial charge in [0.1, 0.15) is 23.6 Å². The topological polar surface area (TPSA) is 117 Å². The van der Waals surface area contributed by atoms with Gasteiger partial charge in [-0.3, -0.25) is 19.2 Å². The second-order valence-electron chi connectivity index (χ2n) is 11.6. The minimum atomic E-state index is -0.542. The van der Waals surface area contributed by atoms with Gasteiger partial charge in [-0.25, -0.2) is 0 Å². The van der Waals surface area contributed by atoms with Gasteiger partial charge < -0.3 is 29.9 Å². The minimum absolute atomic E-state index is 0.0274. The Bertz CT molecular complexity index is 1300. The summed E-state index contributed by atoms with van der Waals surface area (Å²) in [6.45, 7) is 8.53. The van der Waals surface area contributed by atoms with E-state index in [0.717, 1.165) is 25.7 Å². The number of hydrogen-bond acceptors (Lipinski definition) is 6. The Labute approximate surface area is 272 Å². The summed E-state index contributed by atoms with van der Waals surface area (Å²) < 4.78 is 11.8. The normalized spacial score (nSPS) is 24.9. The van der Waals surface area contributed by atoms with Crippen LogP contribution >= 0.6 is 0 Å². The molecule has 0 aromatic heterocycles. The highest BCUT2D eigenvalue weighted by Crippen LogP contribution is 2.24. The molecule has 10 heteroatoms. The van der Waals surface area contributed by atoms with E-state index >= 15 is 0 Å². The predicted octanol–water partition coefficient (Wildman–Crippen LogP) is 4.76. The second-order valence-corrected chi connectivity index (χ2v) is 11.6. The van der Waals surface area contributed by atoms with E-state index in [1.807, 2.05) is 50.3 Å². The molecule has 4 amide bonds. The zero-order valence-electron chi connectivity index (χ0n) is 27.8. The van der Waals surface area contributed by atoms with Gasteiger partial charge in [-0.15, -0.1) is 0 Å². The van der Waals surface area contributed by atoms with Crippen LogP contribution in [0, 0.1) is 0 Å². The highest BCUT2D eigenvalue weighted by molar-refractivity contribution is 6.00. The SMILES string of the molecule is C[C@@H]1C/C=C/CCNC(=O)[C@H](C)N(C)C(=O)c2ccccc2O1.C[C@@H]1C/C=C\CCNC(=O)[C@H](C)N(C)C(=O)c2ccccc2O1. The molecule has 0 saturated carbocycles. The van der Waals surface area contributed by atoms with Gasteiger partial charge in [0, 0.05) is 40.0 Å². The van der Waals surface area contributed by atoms with Crippen molar-refractivity contribution in [2.45, 2.75) is 77.7 Å². The molecule has 2 aromatic rings. The third kappa shape index (κ3) is 10.2. The lowest BCUT2D eigenvalue weighted by Crippen LogP contribution is -2.46. The largest absolute Gasteiger partial charge is 0.490 e. The van der Waals surface area contributed by atoms with Gasteiger partial charge in [0.05, 0.1) is 23.3 Å². The summed E-state index contributed by atoms with van der Waals surface area (Å²) in [4.78, 5) is 52.6. The smallest absolute Gasteiger partial charge is 0.258 e. The second kappa shape index (κ2) is 17.8. The van der Waals surface area contributed by atoms with Gasteiger partial charge in [0.25, 0.3) is 11.8 Å². The molecule has 0 radical (unpaired) electrons. The summed E-state index contributed by atoms with van der Waals surface area (Å²) in [5, 5.41) is 5.71. The van der Waals surface area contributed by atoms with Crippen molar-refractivity contribution in [2.75, 3.05) is 27.2 Å². The Morgan fingerprint density at radius 3 is 1.35 bits per heavy atom. The van der Waals surface area contributed by atoms with Crippen LogP contribution in [0.4, 0.5) is 0 Å². The van der Waals surface area contributed by atoms with E-state index in [1.54, 1.807) is 64.3 Å². The number of carbonyl (C=O) groups is 4. The van der Waals surface area contributed by atoms with Crippen LogP contribution in [0.1, 0.15) is 74.1 Å². The van der Waals surface area contributed by atoms with E-state index in [0.29, 0.717) is 35.7 Å². The summed E-state index contributed by atoms with van der Waals surface area (Å²) in [5.41, 5.74) is 0.949. The summed E-state index contributed by atoms with van der Waals surface area (Å²) in [5.74, 6) is 0.354. The molecule has 0 saturated heterocycles. The molecule has 0 fully saturated rings. The number of fused-ring (bicyclic) bond motifs is 2. The van der Waals surface area contributed by atoms with Gasteiger partial charge in [0.15, 0.2) is 0 Å². The summed E-state index contributed by atoms with van der Waals surface area (Å²) in [7, 11) is 3.27. The number of ether oxygens (including phenoxy) is 2. The third-order valence-corrected chi connectivity index (χ3v) is 7.94. The maximum Gasteiger partial charge on any atom is 0.258 e. The lowest BCUT2D eigenvalue weighted by atomic mass is 10.1. The van der Waals surface area contributed by atoms with E-state index in [1.165, 1.54) is 9.80 Å². The fourth-order valence-corrected chi connectivity index (χ4v) is 4.77. The molecule has 4 atom stereocenters. The average Bonchev–Trinajstić information content (AvgIpc) is 3.05. The Morgan fingerprint density at radius 2 is 0.957 bits per heavy atom. The van der Waals surface area contributed by atoms with Crippen LogP contribution in [-0.4, -0.2) is 84.9 Å². The van der Waals surface area contributed by atoms with Crippen LogP contribution in [0.25, 0.3) is 0 Å². The lowest BCUT2D eigenvalue weighted by Gasteiger charge is -2.26. The molecule has 248 valence electrons. The first-order valence-electron chi connectivity index (χ1n) is 15.9. The van der Waals surface area contributed by atoms with Crippen molar-refractivity contribution >= 4 is 23.6 Å². The number of hydrogen-bond donors (Lipinski definition) is 2. The molecule has 2 aromatic carbocycles. The summed E-state index contributed by atoms with van der Waals surface area (Å²) >= 11 is 0. The quantitative estimate of drug-likeness (QED) is 0.405. The highest BCUT2D eigenvalue weighted by Gasteiger charge is 2.27. The molecule has 0 bridgehead atoms. The fraction of sp³-hybridized carbons (Fsp3) is 0.444. The monoisotopic (exact) mass is 632 g/mol. The number of rotatable bonds is 0. The van der Waals surface area contributed by atoms with Gasteiger partial charge >= 0.3 is 0 Å². The van der Waals surface area contributed by atoms with E-state index in [2.05, 4.69) is 10.6 Å². The third-order valence-electron chi connectivity index (χ3n) is 7.94. The van der Waals surface area contributed by atoms with Crippen molar-refractivity contribution in [1.82, 2.24) is 20.4 Å². The van der Waals surface area contributed by atoms with Crippen LogP contribution in [0.15, 0.2) is 72.8 Å². The summed E-state index contributed by atoms with van der Waals surface area (Å²) in [6.07, 6.45) is 11.1. The molecule has 0 spiro atoms. The van der Waals surface area contributed by atoms with E-state index < -0.39 is 12.1 Å². The van der Waals surface area contributed by atoms with Crippen molar-refractivity contribution < 1.29 is 28.7 Å². The standard InChI is InChI=1S/2C18H24N2O3/c2*1-13-9-5-4-8-12-19-17(21)14(2)20(3)18(22)15-10-6-7-11-16(15)23-13/h2*4-7,10-11,13-14H,8-9,12H2,1-3H3,(H,19,21)/b5-4+;5-4-/t2*13-,14+/m11/s1. The Hall–Kier alpha value is -4.60. The van der Waals surface area contributed by atoms with Gasteiger partial charge in [-0.05, 0) is 64.8 Å². The Balaban J connectivity index is 0.000000250. The first-order valence-corrected chi connectivity index (χ1v) is 15.9. The number of nitrogens with zero attached hydrogens (tertiary/aromatic N) is 2. The fourth-order valence-electron chi connectivity index (χ4n) is 4.77. The number of nitrogens with one attached hydrogen (secondary N) is 2. The number of likely N-dealkylation sites (N-methyl/N-ethyl adjacent to an activating group) is 2. The molecular formula is C36H48N4O6. The molecular weight excluding hydrogens is 584 g/mol. The molecule has 2 N–H and O–H groups in total. The van der Waals surface area contributed by atoms with Gasteiger partial charge in [0.2, 0.25) is 11.8 Å². The minimum Gasteiger partial charge on any atom is -0.490 e. The Kier molecular flexibility index (Phi) is 13.9. The average molecular weight is 633 g/mol. The first kappa shape index (κ1) is 35.9. The van der Waals surface area contributed by atoms with Gasteiger partial charge in [-0.1, -0.05) is 48.6 Å². The zero-order chi connectivity index (χ0) is 33.6. The van der Waals surface area contributed by atoms with Crippen molar-refractivity contribution in [2.24, 2.45) is 0 Å². The molecule has 4 rings (SSSR count). The number of carbonyl (C=O) groups excluding carboxylic acids is 4. The van der Waals surface area contributed by atoms with E-state index in [4.69, 9.17) is 9.47 Å². The summed E-state index contributed by atoms with van der Waals surface area (Å²) in [6, 6.07) is 13.2. The molecule has 2 heterocycles. The van der Waals surface area contributed by atoms with Gasteiger partial charge in [-0.2, -0.15) is 0 Å².